The van der Waals surface area contributed by atoms with Gasteiger partial charge in [0.25, 0.3) is 0 Å². The fourth-order valence-electron chi connectivity index (χ4n) is 2.48. The number of ether oxygens (including phenoxy) is 1. The van der Waals surface area contributed by atoms with Crippen LogP contribution in [-0.2, 0) is 22.7 Å². The second kappa shape index (κ2) is 6.94. The zero-order valence-electron chi connectivity index (χ0n) is 12.6. The van der Waals surface area contributed by atoms with E-state index in [2.05, 4.69) is 42.7 Å². The van der Waals surface area contributed by atoms with Gasteiger partial charge in [0.2, 0.25) is 5.91 Å². The molecule has 0 saturated heterocycles. The van der Waals surface area contributed by atoms with Gasteiger partial charge in [-0.05, 0) is 45.3 Å². The molecule has 6 nitrogen and oxygen atoms in total. The number of methoxy groups -OCH3 is 1. The highest BCUT2D eigenvalue weighted by molar-refractivity contribution is 9.11. The van der Waals surface area contributed by atoms with Crippen molar-refractivity contribution in [3.63, 3.8) is 0 Å². The van der Waals surface area contributed by atoms with E-state index in [1.54, 1.807) is 24.6 Å². The largest absolute Gasteiger partial charge is 0.383 e. The Bertz CT molecular complexity index is 721. The number of rotatable bonds is 6. The van der Waals surface area contributed by atoms with E-state index in [4.69, 9.17) is 10.5 Å². The lowest BCUT2D eigenvalue weighted by atomic mass is 10.2. The molecule has 1 aliphatic rings. The molecule has 1 aliphatic carbocycles. The highest BCUT2D eigenvalue weighted by Crippen LogP contribution is 2.49. The highest BCUT2D eigenvalue weighted by Gasteiger charge is 2.44. The molecule has 0 aromatic carbocycles. The number of nitrogen functional groups attached to an aromatic ring is 1. The number of halogens is 1. The van der Waals surface area contributed by atoms with E-state index in [1.807, 2.05) is 0 Å². The minimum absolute atomic E-state index is 0.0476. The van der Waals surface area contributed by atoms with Crippen LogP contribution in [0.3, 0.4) is 0 Å². The van der Waals surface area contributed by atoms with Crippen LogP contribution in [0.2, 0.25) is 0 Å². The number of nitrogens with one attached hydrogen (secondary N) is 1. The molecule has 0 aliphatic heterocycles. The van der Waals surface area contributed by atoms with Crippen molar-refractivity contribution in [2.45, 2.75) is 25.5 Å². The molecule has 0 radical (unpaired) electrons. The Balaban J connectivity index is 1.54. The normalized spacial score (nSPS) is 19.6. The van der Waals surface area contributed by atoms with Gasteiger partial charge < -0.3 is 15.8 Å². The van der Waals surface area contributed by atoms with Crippen molar-refractivity contribution < 1.29 is 9.53 Å². The number of aromatic nitrogens is 2. The van der Waals surface area contributed by atoms with Crippen LogP contribution >= 0.6 is 27.3 Å². The minimum Gasteiger partial charge on any atom is -0.383 e. The molecular weight excluding hydrogens is 380 g/mol. The van der Waals surface area contributed by atoms with Gasteiger partial charge in [-0.1, -0.05) is 0 Å². The molecule has 0 bridgehead atoms. The first kappa shape index (κ1) is 16.4. The molecule has 1 saturated carbocycles. The monoisotopic (exact) mass is 396 g/mol. The average molecular weight is 397 g/mol. The van der Waals surface area contributed by atoms with Gasteiger partial charge in [0.05, 0.1) is 3.79 Å². The number of nitrogens with zero attached hydrogens (tertiary/aromatic N) is 2. The average Bonchev–Trinajstić information content (AvgIpc) is 3.21. The molecule has 2 heterocycles. The zero-order valence-corrected chi connectivity index (χ0v) is 15.0. The van der Waals surface area contributed by atoms with Crippen molar-refractivity contribution in [1.29, 1.82) is 0 Å². The Morgan fingerprint density at radius 2 is 2.43 bits per heavy atom. The Morgan fingerprint density at radius 3 is 3.09 bits per heavy atom. The van der Waals surface area contributed by atoms with Gasteiger partial charge in [-0.3, -0.25) is 4.79 Å². The first-order chi connectivity index (χ1) is 11.1. The van der Waals surface area contributed by atoms with Crippen molar-refractivity contribution >= 4 is 39.0 Å². The number of hydrogen-bond acceptors (Lipinski definition) is 6. The Hall–Kier alpha value is -1.51. The number of carbonyl (C=O) groups excluding carboxylic acids is 1. The van der Waals surface area contributed by atoms with Gasteiger partial charge in [0, 0.05) is 31.3 Å². The van der Waals surface area contributed by atoms with Crippen molar-refractivity contribution in [3.05, 3.63) is 38.4 Å². The van der Waals surface area contributed by atoms with Gasteiger partial charge in [0.1, 0.15) is 12.4 Å². The number of thiophene rings is 1. The summed E-state index contributed by atoms with van der Waals surface area (Å²) in [5.74, 6) is 1.34. The summed E-state index contributed by atoms with van der Waals surface area (Å²) in [4.78, 5) is 20.5. The van der Waals surface area contributed by atoms with Crippen LogP contribution in [0.4, 0.5) is 5.82 Å². The SMILES string of the molecule is COCc1ncc(CNC(=O)[C@@H]2C[C@H]2c2csc(Br)c2)c(N)n1. The van der Waals surface area contributed by atoms with Gasteiger partial charge in [-0.25, -0.2) is 9.97 Å². The van der Waals surface area contributed by atoms with E-state index in [0.717, 1.165) is 10.2 Å². The van der Waals surface area contributed by atoms with Crippen LogP contribution in [0.5, 0.6) is 0 Å². The first-order valence-corrected chi connectivity index (χ1v) is 8.86. The maximum atomic E-state index is 12.2. The zero-order chi connectivity index (χ0) is 16.4. The van der Waals surface area contributed by atoms with Crippen LogP contribution in [-0.4, -0.2) is 23.0 Å². The van der Waals surface area contributed by atoms with E-state index in [9.17, 15) is 4.79 Å². The lowest BCUT2D eigenvalue weighted by molar-refractivity contribution is -0.122. The van der Waals surface area contributed by atoms with E-state index in [-0.39, 0.29) is 11.8 Å². The molecule has 2 aromatic rings. The molecule has 2 atom stereocenters. The van der Waals surface area contributed by atoms with Gasteiger partial charge in [-0.15, -0.1) is 11.3 Å². The lowest BCUT2D eigenvalue weighted by Crippen LogP contribution is -2.25. The number of hydrogen-bond donors (Lipinski definition) is 2. The van der Waals surface area contributed by atoms with Crippen molar-refractivity contribution in [2.24, 2.45) is 5.92 Å². The summed E-state index contributed by atoms with van der Waals surface area (Å²) in [6.07, 6.45) is 2.53. The fourth-order valence-corrected chi connectivity index (χ4v) is 3.72. The Labute approximate surface area is 146 Å². The molecule has 3 rings (SSSR count). The summed E-state index contributed by atoms with van der Waals surface area (Å²) in [6.45, 7) is 0.658. The minimum atomic E-state index is 0.0476. The van der Waals surface area contributed by atoms with E-state index >= 15 is 0 Å². The lowest BCUT2D eigenvalue weighted by Gasteiger charge is -2.08. The summed E-state index contributed by atoms with van der Waals surface area (Å²) < 4.78 is 6.06. The first-order valence-electron chi connectivity index (χ1n) is 7.19. The van der Waals surface area contributed by atoms with E-state index in [0.29, 0.717) is 36.3 Å². The van der Waals surface area contributed by atoms with Crippen molar-refractivity contribution in [3.8, 4) is 0 Å². The van der Waals surface area contributed by atoms with E-state index < -0.39 is 0 Å². The molecular formula is C15H17BrN4O2S. The van der Waals surface area contributed by atoms with Crippen LogP contribution in [0, 0.1) is 5.92 Å². The Morgan fingerprint density at radius 1 is 1.61 bits per heavy atom. The molecule has 2 aromatic heterocycles. The summed E-state index contributed by atoms with van der Waals surface area (Å²) in [5.41, 5.74) is 7.84. The number of anilines is 1. The number of carbonyl (C=O) groups is 1. The smallest absolute Gasteiger partial charge is 0.224 e. The van der Waals surface area contributed by atoms with E-state index in [1.165, 1.54) is 5.56 Å². The van der Waals surface area contributed by atoms with Gasteiger partial charge in [0.15, 0.2) is 5.82 Å². The maximum absolute atomic E-state index is 12.2. The third-order valence-electron chi connectivity index (χ3n) is 3.82. The molecule has 23 heavy (non-hydrogen) atoms. The van der Waals surface area contributed by atoms with Gasteiger partial charge in [-0.2, -0.15) is 0 Å². The highest BCUT2D eigenvalue weighted by atomic mass is 79.9. The topological polar surface area (TPSA) is 90.1 Å². The molecule has 8 heteroatoms. The molecule has 0 unspecified atom stereocenters. The van der Waals surface area contributed by atoms with Crippen molar-refractivity contribution in [2.75, 3.05) is 12.8 Å². The standard InChI is InChI=1S/C15H17BrN4O2S/c1-22-6-13-18-4-9(14(17)20-13)5-19-15(21)11-3-10(11)8-2-12(16)23-7-8/h2,4,7,10-11H,3,5-6H2,1H3,(H,19,21)(H2,17,18,20)/t10-,11+/m0/s1. The molecule has 122 valence electrons. The molecule has 1 amide bonds. The number of nitrogens with two attached hydrogens (primary N) is 1. The summed E-state index contributed by atoms with van der Waals surface area (Å²) in [6, 6.07) is 2.09. The maximum Gasteiger partial charge on any atom is 0.224 e. The Kier molecular flexibility index (Phi) is 4.93. The third-order valence-corrected chi connectivity index (χ3v) is 5.34. The van der Waals surface area contributed by atoms with Crippen molar-refractivity contribution in [1.82, 2.24) is 15.3 Å². The quantitative estimate of drug-likeness (QED) is 0.782. The molecule has 0 spiro atoms. The molecule has 1 fully saturated rings. The van der Waals surface area contributed by atoms with Crippen LogP contribution in [0.25, 0.3) is 0 Å². The summed E-state index contributed by atoms with van der Waals surface area (Å²) in [7, 11) is 1.58. The van der Waals surface area contributed by atoms with Crippen LogP contribution in [0.15, 0.2) is 21.4 Å². The molecule has 3 N–H and O–H groups in total. The number of amides is 1. The van der Waals surface area contributed by atoms with Gasteiger partial charge >= 0.3 is 0 Å². The second-order valence-electron chi connectivity index (χ2n) is 5.48. The fraction of sp³-hybridized carbons (Fsp3) is 0.400. The predicted octanol–water partition coefficient (Wildman–Crippen LogP) is 2.45. The summed E-state index contributed by atoms with van der Waals surface area (Å²) >= 11 is 5.10. The predicted molar refractivity (Wildman–Crippen MR) is 91.9 cm³/mol. The summed E-state index contributed by atoms with van der Waals surface area (Å²) in [5, 5.41) is 5.02. The van der Waals surface area contributed by atoms with Crippen LogP contribution < -0.4 is 11.1 Å². The second-order valence-corrected chi connectivity index (χ2v) is 7.77. The van der Waals surface area contributed by atoms with Crippen LogP contribution in [0.1, 0.15) is 29.3 Å². The third kappa shape index (κ3) is 3.88.